The summed E-state index contributed by atoms with van der Waals surface area (Å²) in [5.74, 6) is 2.17. The van der Waals surface area contributed by atoms with E-state index in [1.165, 1.54) is 0 Å². The zero-order valence-electron chi connectivity index (χ0n) is 20.0. The number of amides is 1. The van der Waals surface area contributed by atoms with E-state index in [0.29, 0.717) is 29.9 Å². The lowest BCUT2D eigenvalue weighted by Crippen LogP contribution is -2.44. The van der Waals surface area contributed by atoms with E-state index in [1.807, 2.05) is 29.8 Å². The fourth-order valence-electron chi connectivity index (χ4n) is 4.48. The van der Waals surface area contributed by atoms with Crippen LogP contribution in [-0.2, 0) is 0 Å². The van der Waals surface area contributed by atoms with Gasteiger partial charge in [0.1, 0.15) is 17.3 Å². The van der Waals surface area contributed by atoms with Crippen LogP contribution in [0.1, 0.15) is 42.4 Å². The monoisotopic (exact) mass is 450 g/mol. The molecule has 9 nitrogen and oxygen atoms in total. The van der Waals surface area contributed by atoms with Crippen molar-refractivity contribution in [2.45, 2.75) is 33.2 Å². The molecule has 2 aliphatic heterocycles. The Bertz CT molecular complexity index is 1030. The van der Waals surface area contributed by atoms with E-state index < -0.39 is 0 Å². The molecule has 0 aliphatic carbocycles. The maximum atomic E-state index is 12.5. The number of piperazine rings is 1. The molecule has 1 saturated heterocycles. The van der Waals surface area contributed by atoms with Crippen molar-refractivity contribution in [3.05, 3.63) is 35.7 Å². The minimum atomic E-state index is -0.0678. The average Bonchev–Trinajstić information content (AvgIpc) is 3.13. The second-order valence-corrected chi connectivity index (χ2v) is 9.31. The van der Waals surface area contributed by atoms with Crippen LogP contribution in [0.25, 0.3) is 0 Å². The van der Waals surface area contributed by atoms with Crippen LogP contribution < -0.4 is 15.5 Å². The highest BCUT2D eigenvalue weighted by Gasteiger charge is 2.29. The van der Waals surface area contributed by atoms with Crippen LogP contribution in [0, 0.1) is 12.8 Å². The summed E-state index contributed by atoms with van der Waals surface area (Å²) in [6.07, 6.45) is 2.82. The van der Waals surface area contributed by atoms with E-state index in [4.69, 9.17) is 4.99 Å². The quantitative estimate of drug-likeness (QED) is 0.540. The summed E-state index contributed by atoms with van der Waals surface area (Å²) >= 11 is 0. The molecule has 2 N–H and O–H groups in total. The van der Waals surface area contributed by atoms with E-state index in [0.717, 1.165) is 49.7 Å². The standard InChI is InChI=1S/C24H34N8O/c1-16(2)12-19-15-27-23(33)20-13-17(3)22(32(19)20)29-24(25-4)28-21-7-6-18(14-26-21)31-10-8-30(5)9-11-31/h6-7,13-14,16,19H,4,8-12,15H2,1-3,5H3,(H,27,33)(H,26,28,29)/t19-/m0/s1. The van der Waals surface area contributed by atoms with Gasteiger partial charge in [-0.15, -0.1) is 0 Å². The molecule has 9 heteroatoms. The van der Waals surface area contributed by atoms with Gasteiger partial charge in [-0.1, -0.05) is 13.8 Å². The minimum absolute atomic E-state index is 0.0678. The minimum Gasteiger partial charge on any atom is -0.368 e. The van der Waals surface area contributed by atoms with Crippen molar-refractivity contribution in [1.29, 1.82) is 0 Å². The number of aryl methyl sites for hydroxylation is 1. The number of carbonyl (C=O) groups excluding carboxylic acids is 1. The molecule has 2 aromatic rings. The third kappa shape index (κ3) is 5.08. The Labute approximate surface area is 195 Å². The van der Waals surface area contributed by atoms with Crippen molar-refractivity contribution in [1.82, 2.24) is 19.8 Å². The molecule has 0 radical (unpaired) electrons. The number of rotatable bonds is 5. The molecule has 0 aromatic carbocycles. The molecule has 1 amide bonds. The predicted octanol–water partition coefficient (Wildman–Crippen LogP) is 3.07. The highest BCUT2D eigenvalue weighted by atomic mass is 16.2. The molecule has 0 spiro atoms. The van der Waals surface area contributed by atoms with Crippen molar-refractivity contribution < 1.29 is 4.79 Å². The molecule has 2 aromatic heterocycles. The predicted molar refractivity (Wildman–Crippen MR) is 134 cm³/mol. The zero-order chi connectivity index (χ0) is 23.5. The van der Waals surface area contributed by atoms with Crippen LogP contribution in [0.5, 0.6) is 0 Å². The number of guanidine groups is 1. The summed E-state index contributed by atoms with van der Waals surface area (Å²) in [4.78, 5) is 30.5. The van der Waals surface area contributed by atoms with Gasteiger partial charge in [0, 0.05) is 32.7 Å². The molecule has 1 atom stereocenters. The van der Waals surface area contributed by atoms with Crippen LogP contribution in [-0.4, -0.2) is 72.8 Å². The number of nitrogens with zero attached hydrogens (tertiary/aromatic N) is 6. The summed E-state index contributed by atoms with van der Waals surface area (Å²) < 4.78 is 2.05. The summed E-state index contributed by atoms with van der Waals surface area (Å²) in [6, 6.07) is 6.04. The van der Waals surface area contributed by atoms with Crippen LogP contribution in [0.4, 0.5) is 17.3 Å². The smallest absolute Gasteiger partial charge is 0.268 e. The van der Waals surface area contributed by atoms with Gasteiger partial charge in [0.2, 0.25) is 5.96 Å². The molecule has 176 valence electrons. The topological polar surface area (TPSA) is 90.1 Å². The molecular formula is C24H34N8O. The number of pyridine rings is 1. The highest BCUT2D eigenvalue weighted by molar-refractivity contribution is 5.98. The maximum Gasteiger partial charge on any atom is 0.268 e. The van der Waals surface area contributed by atoms with E-state index in [2.05, 4.69) is 64.1 Å². The van der Waals surface area contributed by atoms with Gasteiger partial charge >= 0.3 is 0 Å². The van der Waals surface area contributed by atoms with E-state index in [1.54, 1.807) is 0 Å². The van der Waals surface area contributed by atoms with Gasteiger partial charge in [0.15, 0.2) is 0 Å². The number of hydrogen-bond donors (Lipinski definition) is 2. The van der Waals surface area contributed by atoms with Gasteiger partial charge in [-0.3, -0.25) is 4.79 Å². The molecule has 1 fully saturated rings. The molecule has 4 heterocycles. The first-order valence-electron chi connectivity index (χ1n) is 11.6. The lowest BCUT2D eigenvalue weighted by atomic mass is 10.0. The van der Waals surface area contributed by atoms with Crippen molar-refractivity contribution in [3.63, 3.8) is 0 Å². The lowest BCUT2D eigenvalue weighted by Gasteiger charge is -2.33. The fourth-order valence-corrected chi connectivity index (χ4v) is 4.48. The van der Waals surface area contributed by atoms with Gasteiger partial charge in [-0.2, -0.15) is 4.99 Å². The Morgan fingerprint density at radius 1 is 1.30 bits per heavy atom. The first-order chi connectivity index (χ1) is 15.9. The summed E-state index contributed by atoms with van der Waals surface area (Å²) in [6.45, 7) is 14.7. The van der Waals surface area contributed by atoms with Crippen molar-refractivity contribution >= 4 is 35.9 Å². The summed E-state index contributed by atoms with van der Waals surface area (Å²) in [5.41, 5.74) is 2.68. The van der Waals surface area contributed by atoms with Gasteiger partial charge in [-0.25, -0.2) is 9.98 Å². The van der Waals surface area contributed by atoms with Crippen LogP contribution in [0.2, 0.25) is 0 Å². The Morgan fingerprint density at radius 2 is 2.06 bits per heavy atom. The number of fused-ring (bicyclic) bond motifs is 1. The van der Waals surface area contributed by atoms with E-state index in [-0.39, 0.29) is 11.9 Å². The number of nitrogens with one attached hydrogen (secondary N) is 2. The molecule has 0 unspecified atom stereocenters. The van der Waals surface area contributed by atoms with Gasteiger partial charge < -0.3 is 25.0 Å². The Morgan fingerprint density at radius 3 is 2.70 bits per heavy atom. The van der Waals surface area contributed by atoms with Crippen LogP contribution in [0.3, 0.4) is 0 Å². The Kier molecular flexibility index (Phi) is 6.78. The molecular weight excluding hydrogens is 416 g/mol. The van der Waals surface area contributed by atoms with Gasteiger partial charge in [-0.05, 0) is 56.8 Å². The van der Waals surface area contributed by atoms with Gasteiger partial charge in [0.05, 0.1) is 17.9 Å². The average molecular weight is 451 g/mol. The van der Waals surface area contributed by atoms with E-state index >= 15 is 0 Å². The zero-order valence-corrected chi connectivity index (χ0v) is 20.0. The number of likely N-dealkylation sites (N-methyl/N-ethyl adjacent to an activating group) is 1. The molecule has 0 bridgehead atoms. The fraction of sp³-hybridized carbons (Fsp3) is 0.500. The molecule has 0 saturated carbocycles. The molecule has 2 aliphatic rings. The van der Waals surface area contributed by atoms with Gasteiger partial charge in [0.25, 0.3) is 5.91 Å². The first-order valence-corrected chi connectivity index (χ1v) is 11.6. The molecule has 33 heavy (non-hydrogen) atoms. The molecule has 4 rings (SSSR count). The van der Waals surface area contributed by atoms with Crippen molar-refractivity contribution in [2.75, 3.05) is 50.0 Å². The van der Waals surface area contributed by atoms with Crippen molar-refractivity contribution in [2.24, 2.45) is 15.9 Å². The highest BCUT2D eigenvalue weighted by Crippen LogP contribution is 2.33. The third-order valence-electron chi connectivity index (χ3n) is 6.25. The lowest BCUT2D eigenvalue weighted by molar-refractivity contribution is 0.0911. The normalized spacial score (nSPS) is 19.4. The van der Waals surface area contributed by atoms with Crippen LogP contribution >= 0.6 is 0 Å². The first kappa shape index (κ1) is 23.0. The number of hydrogen-bond acceptors (Lipinski definition) is 5. The largest absolute Gasteiger partial charge is 0.368 e. The third-order valence-corrected chi connectivity index (χ3v) is 6.25. The van der Waals surface area contributed by atoms with Crippen LogP contribution in [0.15, 0.2) is 34.4 Å². The summed E-state index contributed by atoms with van der Waals surface area (Å²) in [7, 11) is 2.15. The second kappa shape index (κ2) is 9.74. The Balaban J connectivity index is 1.56. The van der Waals surface area contributed by atoms with E-state index in [9.17, 15) is 4.79 Å². The maximum absolute atomic E-state index is 12.5. The Hall–Kier alpha value is -3.20. The number of aromatic nitrogens is 2. The number of aliphatic imine (C=N–C) groups is 2. The SMILES string of the molecule is C=NC(=Nc1c(C)cc2n1[C@@H](CC(C)C)CNC2=O)Nc1ccc(N2CCN(C)CC2)cn1. The number of anilines is 2. The second-order valence-electron chi connectivity index (χ2n) is 9.31. The van der Waals surface area contributed by atoms with Crippen molar-refractivity contribution in [3.8, 4) is 0 Å². The summed E-state index contributed by atoms with van der Waals surface area (Å²) in [5, 5.41) is 6.17. The number of carbonyl (C=O) groups is 1.